The van der Waals surface area contributed by atoms with Gasteiger partial charge in [0.05, 0.1) is 0 Å². The van der Waals surface area contributed by atoms with Crippen molar-refractivity contribution >= 4 is 72.8 Å². The minimum Gasteiger partial charge on any atom is -0.259 e. The Morgan fingerprint density at radius 2 is 1.94 bits per heavy atom. The van der Waals surface area contributed by atoms with Crippen LogP contribution in [0.25, 0.3) is 10.6 Å². The van der Waals surface area contributed by atoms with E-state index in [9.17, 15) is 8.42 Å². The van der Waals surface area contributed by atoms with E-state index < -0.39 is 10.9 Å². The Balaban J connectivity index is 0.00000144. The van der Waals surface area contributed by atoms with Gasteiger partial charge in [0, 0.05) is 39.6 Å². The van der Waals surface area contributed by atoms with Gasteiger partial charge in [0.15, 0.2) is 5.01 Å². The molecular weight excluding hydrogens is 337 g/mol. The zero-order valence-corrected chi connectivity index (χ0v) is 14.1. The van der Waals surface area contributed by atoms with E-state index in [1.807, 2.05) is 24.3 Å². The molecule has 0 fully saturated rings. The van der Waals surface area contributed by atoms with E-state index >= 15 is 0 Å². The third-order valence-corrected chi connectivity index (χ3v) is 3.83. The quantitative estimate of drug-likeness (QED) is 0.655. The summed E-state index contributed by atoms with van der Waals surface area (Å²) in [6.07, 6.45) is 0. The van der Waals surface area contributed by atoms with Crippen LogP contribution < -0.4 is 4.72 Å². The minimum atomic E-state index is -2.69. The molecule has 0 atom stereocenters. The van der Waals surface area contributed by atoms with Crippen LogP contribution in [0.3, 0.4) is 0 Å². The molecule has 0 aliphatic carbocycles. The predicted octanol–water partition coefficient (Wildman–Crippen LogP) is 1.53. The van der Waals surface area contributed by atoms with Gasteiger partial charge in [-0.2, -0.15) is 0 Å². The number of aromatic nitrogens is 2. The van der Waals surface area contributed by atoms with Crippen LogP contribution >= 0.6 is 27.3 Å². The largest absolute Gasteiger partial charge is 0.259 e. The molecule has 0 saturated heterocycles. The van der Waals surface area contributed by atoms with E-state index in [0.717, 1.165) is 10.0 Å². The van der Waals surface area contributed by atoms with E-state index in [-0.39, 0.29) is 34.7 Å². The number of hydrogen-bond acceptors (Lipinski definition) is 5. The van der Waals surface area contributed by atoms with Crippen LogP contribution in [0.5, 0.6) is 0 Å². The van der Waals surface area contributed by atoms with Gasteiger partial charge in [-0.1, -0.05) is 45.5 Å². The molecule has 0 bridgehead atoms. The van der Waals surface area contributed by atoms with E-state index in [4.69, 9.17) is 0 Å². The molecule has 1 radical (unpaired) electrons. The van der Waals surface area contributed by atoms with Gasteiger partial charge in [-0.15, -0.1) is 10.2 Å². The van der Waals surface area contributed by atoms with Crippen molar-refractivity contribution in [1.82, 2.24) is 10.2 Å². The van der Waals surface area contributed by atoms with Crippen LogP contribution in [-0.2, 0) is 10.9 Å². The number of rotatable bonds is 3. The van der Waals surface area contributed by atoms with Gasteiger partial charge in [0.25, 0.3) is 0 Å². The molecule has 2 rings (SSSR count). The Kier molecular flexibility index (Phi) is 6.04. The van der Waals surface area contributed by atoms with Crippen LogP contribution in [0.4, 0.5) is 5.13 Å². The maximum Gasteiger partial charge on any atom is 0.224 e. The number of hydrogen-bond donors (Lipinski definition) is 2. The van der Waals surface area contributed by atoms with Crippen molar-refractivity contribution in [2.75, 3.05) is 4.72 Å². The molecule has 17 heavy (non-hydrogen) atoms. The first kappa shape index (κ1) is 15.1. The smallest absolute Gasteiger partial charge is 0.224 e. The first-order valence-corrected chi connectivity index (χ1v) is 6.95. The molecule has 1 heterocycles. The molecule has 0 aliphatic rings. The van der Waals surface area contributed by atoms with Gasteiger partial charge in [-0.25, -0.2) is 8.42 Å². The third-order valence-electron chi connectivity index (χ3n) is 1.72. The van der Waals surface area contributed by atoms with Gasteiger partial charge in [0.2, 0.25) is 16.0 Å². The number of benzene rings is 1. The zero-order chi connectivity index (χ0) is 11.5. The molecule has 2 aromatic rings. The second kappa shape index (κ2) is 6.81. The summed E-state index contributed by atoms with van der Waals surface area (Å²) < 4.78 is 24.0. The van der Waals surface area contributed by atoms with Gasteiger partial charge < -0.3 is 0 Å². The fourth-order valence-electron chi connectivity index (χ4n) is 1.09. The first-order valence-electron chi connectivity index (χ1n) is 4.16. The van der Waals surface area contributed by atoms with E-state index in [0.29, 0.717) is 5.01 Å². The number of anilines is 1. The van der Waals surface area contributed by atoms with Crippen LogP contribution in [0.15, 0.2) is 28.7 Å². The first-order chi connectivity index (χ1) is 7.66. The summed E-state index contributed by atoms with van der Waals surface area (Å²) in [5.41, 5.74) is 0.883. The van der Waals surface area contributed by atoms with Crippen molar-refractivity contribution in [3.05, 3.63) is 28.7 Å². The summed E-state index contributed by atoms with van der Waals surface area (Å²) in [5.74, 6) is 0. The predicted molar refractivity (Wildman–Crippen MR) is 72.7 cm³/mol. The third kappa shape index (κ3) is 4.01. The maximum atomic E-state index is 10.4. The number of nitrogens with one attached hydrogen (secondary N) is 1. The van der Waals surface area contributed by atoms with Gasteiger partial charge >= 0.3 is 0 Å². The zero-order valence-electron chi connectivity index (χ0n) is 8.75. The molecular formula is C8H6BrN3NaO2S2. The molecule has 0 amide bonds. The van der Waals surface area contributed by atoms with E-state index in [1.54, 1.807) is 0 Å². The Morgan fingerprint density at radius 1 is 1.24 bits per heavy atom. The molecule has 0 unspecified atom stereocenters. The Hall–Kier alpha value is 0.0100. The molecule has 5 nitrogen and oxygen atoms in total. The topological polar surface area (TPSA) is 72.0 Å². The van der Waals surface area contributed by atoms with Crippen molar-refractivity contribution in [2.24, 2.45) is 0 Å². The normalized spacial score (nSPS) is 10.0. The molecule has 1 aromatic carbocycles. The minimum absolute atomic E-state index is 0. The van der Waals surface area contributed by atoms with Crippen LogP contribution in [0.1, 0.15) is 0 Å². The van der Waals surface area contributed by atoms with Crippen molar-refractivity contribution in [3.63, 3.8) is 0 Å². The summed E-state index contributed by atoms with van der Waals surface area (Å²) in [6.45, 7) is 0. The SMILES string of the molecule is O=[SH](=O)Nc1nnc(-c2ccccc2Br)s1.[Na]. The van der Waals surface area contributed by atoms with Crippen LogP contribution in [-0.4, -0.2) is 48.2 Å². The summed E-state index contributed by atoms with van der Waals surface area (Å²) in [7, 11) is -2.69. The molecule has 1 N–H and O–H groups in total. The van der Waals surface area contributed by atoms with Crippen molar-refractivity contribution < 1.29 is 8.42 Å². The number of thiol groups is 1. The maximum absolute atomic E-state index is 10.4. The summed E-state index contributed by atoms with van der Waals surface area (Å²) in [5, 5.41) is 8.56. The monoisotopic (exact) mass is 342 g/mol. The molecule has 1 aromatic heterocycles. The van der Waals surface area contributed by atoms with Crippen molar-refractivity contribution in [2.45, 2.75) is 0 Å². The molecule has 9 heteroatoms. The average Bonchev–Trinajstić information content (AvgIpc) is 2.66. The van der Waals surface area contributed by atoms with E-state index in [2.05, 4.69) is 30.8 Å². The summed E-state index contributed by atoms with van der Waals surface area (Å²) in [6, 6.07) is 7.54. The summed E-state index contributed by atoms with van der Waals surface area (Å²) >= 11 is 4.57. The fraction of sp³-hybridized carbons (Fsp3) is 0. The molecule has 85 valence electrons. The Labute approximate surface area is 134 Å². The molecule has 0 spiro atoms. The number of nitrogens with zero attached hydrogens (tertiary/aromatic N) is 2. The Morgan fingerprint density at radius 3 is 2.59 bits per heavy atom. The Bertz CT molecular complexity index is 580. The molecule has 0 aliphatic heterocycles. The van der Waals surface area contributed by atoms with Crippen molar-refractivity contribution in [3.8, 4) is 10.6 Å². The standard InChI is InChI=1S/C8H6BrN3O2S2.Na/c9-6-4-2-1-3-5(6)7-10-11-8(15-7)12-16(13)14;/h1-4,16H,(H,11,12,13,14);. The van der Waals surface area contributed by atoms with Crippen LogP contribution in [0.2, 0.25) is 0 Å². The van der Waals surface area contributed by atoms with Gasteiger partial charge in [-0.05, 0) is 6.07 Å². The van der Waals surface area contributed by atoms with Gasteiger partial charge in [0.1, 0.15) is 0 Å². The van der Waals surface area contributed by atoms with Gasteiger partial charge in [-0.3, -0.25) is 4.72 Å². The average molecular weight is 343 g/mol. The van der Waals surface area contributed by atoms with Crippen molar-refractivity contribution in [1.29, 1.82) is 0 Å². The van der Waals surface area contributed by atoms with Crippen LogP contribution in [0, 0.1) is 0 Å². The second-order valence-electron chi connectivity index (χ2n) is 2.76. The number of halogens is 1. The second-order valence-corrected chi connectivity index (χ2v) is 5.33. The fourth-order valence-corrected chi connectivity index (χ4v) is 2.94. The van der Waals surface area contributed by atoms with E-state index in [1.165, 1.54) is 11.3 Å². The molecule has 0 saturated carbocycles. The summed E-state index contributed by atoms with van der Waals surface area (Å²) in [4.78, 5) is 0.